The predicted molar refractivity (Wildman–Crippen MR) is 72.4 cm³/mol. The van der Waals surface area contributed by atoms with Crippen LogP contribution in [0.4, 0.5) is 5.82 Å². The van der Waals surface area contributed by atoms with Gasteiger partial charge in [0.15, 0.2) is 0 Å². The van der Waals surface area contributed by atoms with E-state index in [2.05, 4.69) is 35.1 Å². The second-order valence-corrected chi connectivity index (χ2v) is 4.96. The molecule has 2 rings (SSSR count). The lowest BCUT2D eigenvalue weighted by molar-refractivity contribution is 0.477. The molecule has 1 N–H and O–H groups in total. The highest BCUT2D eigenvalue weighted by molar-refractivity contribution is 5.49. The van der Waals surface area contributed by atoms with E-state index in [-0.39, 0.29) is 0 Å². The molecule has 1 aromatic rings. The minimum Gasteiger partial charge on any atom is -0.354 e. The second kappa shape index (κ2) is 5.50. The molecule has 1 saturated heterocycles. The summed E-state index contributed by atoms with van der Waals surface area (Å²) in [7, 11) is 2.00. The summed E-state index contributed by atoms with van der Waals surface area (Å²) in [6.07, 6.45) is 5.82. The van der Waals surface area contributed by atoms with Crippen molar-refractivity contribution < 1.29 is 0 Å². The van der Waals surface area contributed by atoms with Crippen LogP contribution in [0.25, 0.3) is 0 Å². The molecular formula is C14H23N3. The molecule has 2 atom stereocenters. The highest BCUT2D eigenvalue weighted by Crippen LogP contribution is 2.28. The third kappa shape index (κ3) is 2.60. The van der Waals surface area contributed by atoms with Crippen molar-refractivity contribution in [2.24, 2.45) is 0 Å². The Morgan fingerprint density at radius 2 is 2.29 bits per heavy atom. The van der Waals surface area contributed by atoms with E-state index in [9.17, 15) is 0 Å². The van der Waals surface area contributed by atoms with Crippen LogP contribution in [-0.4, -0.2) is 24.6 Å². The van der Waals surface area contributed by atoms with Crippen LogP contribution in [0.3, 0.4) is 0 Å². The Hall–Kier alpha value is -1.09. The van der Waals surface area contributed by atoms with Crippen molar-refractivity contribution in [2.45, 2.75) is 45.2 Å². The van der Waals surface area contributed by atoms with E-state index in [1.165, 1.54) is 30.6 Å². The van der Waals surface area contributed by atoms with Crippen molar-refractivity contribution in [3.63, 3.8) is 0 Å². The molecule has 2 heterocycles. The fraction of sp³-hybridized carbons (Fsp3) is 0.643. The molecule has 3 nitrogen and oxygen atoms in total. The van der Waals surface area contributed by atoms with E-state index >= 15 is 0 Å². The average molecular weight is 233 g/mol. The maximum atomic E-state index is 4.61. The summed E-state index contributed by atoms with van der Waals surface area (Å²) in [5.74, 6) is 1.17. The van der Waals surface area contributed by atoms with Gasteiger partial charge in [-0.1, -0.05) is 6.07 Å². The number of hydrogen-bond donors (Lipinski definition) is 1. The van der Waals surface area contributed by atoms with Gasteiger partial charge in [-0.15, -0.1) is 0 Å². The monoisotopic (exact) mass is 233 g/mol. The molecule has 1 aliphatic rings. The molecular weight excluding hydrogens is 210 g/mol. The normalized spacial score (nSPS) is 22.5. The number of rotatable bonds is 3. The molecule has 0 aliphatic carbocycles. The molecule has 17 heavy (non-hydrogen) atoms. The van der Waals surface area contributed by atoms with Gasteiger partial charge in [0, 0.05) is 30.4 Å². The van der Waals surface area contributed by atoms with Gasteiger partial charge in [0.1, 0.15) is 5.82 Å². The molecule has 0 radical (unpaired) electrons. The van der Waals surface area contributed by atoms with Crippen LogP contribution in [0.5, 0.6) is 0 Å². The molecule has 1 fully saturated rings. The van der Waals surface area contributed by atoms with Gasteiger partial charge in [0.2, 0.25) is 0 Å². The zero-order chi connectivity index (χ0) is 12.3. The van der Waals surface area contributed by atoms with Crippen LogP contribution in [0, 0.1) is 0 Å². The van der Waals surface area contributed by atoms with Crippen molar-refractivity contribution >= 4 is 5.82 Å². The quantitative estimate of drug-likeness (QED) is 0.870. The summed E-state index contributed by atoms with van der Waals surface area (Å²) in [5, 5.41) is 3.31. The maximum absolute atomic E-state index is 4.61. The van der Waals surface area contributed by atoms with Crippen LogP contribution >= 0.6 is 0 Å². The first-order valence-corrected chi connectivity index (χ1v) is 6.63. The van der Waals surface area contributed by atoms with Gasteiger partial charge >= 0.3 is 0 Å². The summed E-state index contributed by atoms with van der Waals surface area (Å²) in [6, 6.07) is 5.18. The Labute approximate surface area is 104 Å². The topological polar surface area (TPSA) is 28.2 Å². The van der Waals surface area contributed by atoms with E-state index in [0.717, 1.165) is 6.54 Å². The minimum atomic E-state index is 0.354. The van der Waals surface area contributed by atoms with Crippen LogP contribution in [0.1, 0.15) is 44.7 Å². The summed E-state index contributed by atoms with van der Waals surface area (Å²) in [4.78, 5) is 7.07. The number of pyridine rings is 1. The molecule has 0 bridgehead atoms. The lowest BCUT2D eigenvalue weighted by Crippen LogP contribution is -2.39. The van der Waals surface area contributed by atoms with Crippen molar-refractivity contribution in [3.05, 3.63) is 23.9 Å². The lowest BCUT2D eigenvalue weighted by Gasteiger charge is -2.36. The third-order valence-electron chi connectivity index (χ3n) is 3.79. The maximum Gasteiger partial charge on any atom is 0.133 e. The van der Waals surface area contributed by atoms with E-state index < -0.39 is 0 Å². The molecule has 0 amide bonds. The van der Waals surface area contributed by atoms with Crippen LogP contribution in [0.2, 0.25) is 0 Å². The highest BCUT2D eigenvalue weighted by Gasteiger charge is 2.22. The highest BCUT2D eigenvalue weighted by atomic mass is 15.2. The zero-order valence-electron chi connectivity index (χ0n) is 11.1. The Bertz CT molecular complexity index is 364. The van der Waals surface area contributed by atoms with Crippen molar-refractivity contribution in [1.29, 1.82) is 0 Å². The van der Waals surface area contributed by atoms with Crippen LogP contribution in [0.15, 0.2) is 18.3 Å². The van der Waals surface area contributed by atoms with Gasteiger partial charge in [0.05, 0.1) is 0 Å². The summed E-state index contributed by atoms with van der Waals surface area (Å²) in [6.45, 7) is 5.64. The molecule has 0 saturated carbocycles. The number of anilines is 1. The Morgan fingerprint density at radius 3 is 3.00 bits per heavy atom. The fourth-order valence-electron chi connectivity index (χ4n) is 2.56. The van der Waals surface area contributed by atoms with Gasteiger partial charge in [-0.2, -0.15) is 0 Å². The minimum absolute atomic E-state index is 0.354. The van der Waals surface area contributed by atoms with E-state index in [1.54, 1.807) is 0 Å². The first-order valence-electron chi connectivity index (χ1n) is 6.63. The standard InChI is InChI=1S/C14H23N3/c1-11-7-4-5-10-17(11)14-13(12(2)15-3)8-6-9-16-14/h6,8-9,11-12,15H,4-5,7,10H2,1-3H3. The molecule has 0 spiro atoms. The van der Waals surface area contributed by atoms with Gasteiger partial charge in [-0.3, -0.25) is 0 Å². The second-order valence-electron chi connectivity index (χ2n) is 4.96. The van der Waals surface area contributed by atoms with E-state index in [4.69, 9.17) is 0 Å². The van der Waals surface area contributed by atoms with Gasteiger partial charge in [-0.25, -0.2) is 4.98 Å². The van der Waals surface area contributed by atoms with Crippen molar-refractivity contribution in [3.8, 4) is 0 Å². The number of hydrogen-bond acceptors (Lipinski definition) is 3. The SMILES string of the molecule is CNC(C)c1cccnc1N1CCCCC1C. The first kappa shape index (κ1) is 12.4. The Kier molecular flexibility index (Phi) is 4.00. The van der Waals surface area contributed by atoms with Crippen molar-refractivity contribution in [2.75, 3.05) is 18.5 Å². The zero-order valence-corrected chi connectivity index (χ0v) is 11.1. The molecule has 1 aromatic heterocycles. The summed E-state index contributed by atoms with van der Waals surface area (Å²) >= 11 is 0. The van der Waals surface area contributed by atoms with Crippen LogP contribution < -0.4 is 10.2 Å². The molecule has 94 valence electrons. The number of piperidine rings is 1. The fourth-order valence-corrected chi connectivity index (χ4v) is 2.56. The van der Waals surface area contributed by atoms with Gasteiger partial charge in [-0.05, 0) is 46.2 Å². The summed E-state index contributed by atoms with van der Waals surface area (Å²) < 4.78 is 0. The molecule has 3 heteroatoms. The summed E-state index contributed by atoms with van der Waals surface area (Å²) in [5.41, 5.74) is 1.31. The largest absolute Gasteiger partial charge is 0.354 e. The first-order chi connectivity index (χ1) is 8.24. The average Bonchev–Trinajstić information content (AvgIpc) is 2.38. The molecule has 1 aliphatic heterocycles. The Balaban J connectivity index is 2.30. The number of nitrogens with zero attached hydrogens (tertiary/aromatic N) is 2. The smallest absolute Gasteiger partial charge is 0.133 e. The third-order valence-corrected chi connectivity index (χ3v) is 3.79. The van der Waals surface area contributed by atoms with E-state index in [1.807, 2.05) is 19.3 Å². The number of nitrogens with one attached hydrogen (secondary N) is 1. The van der Waals surface area contributed by atoms with Crippen LogP contribution in [-0.2, 0) is 0 Å². The van der Waals surface area contributed by atoms with Crippen molar-refractivity contribution in [1.82, 2.24) is 10.3 Å². The molecule has 0 aromatic carbocycles. The van der Waals surface area contributed by atoms with Gasteiger partial charge in [0.25, 0.3) is 0 Å². The number of aromatic nitrogens is 1. The lowest BCUT2D eigenvalue weighted by atomic mass is 10.0. The molecule has 2 unspecified atom stereocenters. The van der Waals surface area contributed by atoms with Gasteiger partial charge < -0.3 is 10.2 Å². The Morgan fingerprint density at radius 1 is 1.47 bits per heavy atom. The van der Waals surface area contributed by atoms with E-state index in [0.29, 0.717) is 12.1 Å². The predicted octanol–water partition coefficient (Wildman–Crippen LogP) is 2.74.